The van der Waals surface area contributed by atoms with Crippen LogP contribution >= 0.6 is 0 Å². The molecule has 0 amide bonds. The van der Waals surface area contributed by atoms with Gasteiger partial charge in [-0.1, -0.05) is 18.2 Å². The van der Waals surface area contributed by atoms with Crippen molar-refractivity contribution in [1.82, 2.24) is 0 Å². The van der Waals surface area contributed by atoms with Gasteiger partial charge in [-0.25, -0.2) is 0 Å². The fourth-order valence-electron chi connectivity index (χ4n) is 2.25. The maximum Gasteiger partial charge on any atom is 0.0823 e. The highest BCUT2D eigenvalue weighted by Gasteiger charge is 2.45. The van der Waals surface area contributed by atoms with Crippen molar-refractivity contribution in [3.8, 4) is 6.07 Å². The van der Waals surface area contributed by atoms with E-state index in [4.69, 9.17) is 10.00 Å². The maximum atomic E-state index is 9.14. The quantitative estimate of drug-likeness (QED) is 0.695. The van der Waals surface area contributed by atoms with Crippen LogP contribution in [-0.4, -0.2) is 6.61 Å². The number of fused-ring (bicyclic) bond motifs is 1. The highest BCUT2D eigenvalue weighted by atomic mass is 16.5. The molecule has 0 unspecified atom stereocenters. The van der Waals surface area contributed by atoms with Crippen LogP contribution in [0, 0.1) is 11.3 Å². The van der Waals surface area contributed by atoms with E-state index in [9.17, 15) is 0 Å². The summed E-state index contributed by atoms with van der Waals surface area (Å²) < 4.78 is 5.40. The molecule has 76 valence electrons. The first-order valence-electron chi connectivity index (χ1n) is 5.45. The van der Waals surface area contributed by atoms with Gasteiger partial charge in [-0.3, -0.25) is 0 Å². The smallest absolute Gasteiger partial charge is 0.0823 e. The zero-order valence-corrected chi connectivity index (χ0v) is 8.62. The fourth-order valence-corrected chi connectivity index (χ4v) is 2.25. The first-order chi connectivity index (χ1) is 7.34. The van der Waals surface area contributed by atoms with Crippen LogP contribution in [0.3, 0.4) is 0 Å². The molecule has 1 aliphatic heterocycles. The van der Waals surface area contributed by atoms with E-state index in [2.05, 4.69) is 24.3 Å². The molecule has 1 aliphatic carbocycles. The van der Waals surface area contributed by atoms with Gasteiger partial charge in [0.1, 0.15) is 0 Å². The van der Waals surface area contributed by atoms with Gasteiger partial charge in [-0.15, -0.1) is 0 Å². The summed E-state index contributed by atoms with van der Waals surface area (Å²) >= 11 is 0. The number of benzene rings is 1. The van der Waals surface area contributed by atoms with E-state index in [0.717, 1.165) is 32.5 Å². The van der Waals surface area contributed by atoms with Crippen LogP contribution in [0.4, 0.5) is 0 Å². The molecule has 0 bridgehead atoms. The lowest BCUT2D eigenvalue weighted by Crippen LogP contribution is -2.12. The van der Waals surface area contributed by atoms with E-state index >= 15 is 0 Å². The molecule has 0 N–H and O–H groups in total. The molecule has 1 fully saturated rings. The van der Waals surface area contributed by atoms with Gasteiger partial charge in [-0.05, 0) is 36.0 Å². The van der Waals surface area contributed by atoms with Gasteiger partial charge >= 0.3 is 0 Å². The summed E-state index contributed by atoms with van der Waals surface area (Å²) in [6, 6.07) is 8.89. The molecule has 0 aromatic heterocycles. The Bertz CT molecular complexity index is 440. The lowest BCUT2D eigenvalue weighted by molar-refractivity contribution is 0.110. The predicted octanol–water partition coefficient (Wildman–Crippen LogP) is 2.31. The third-order valence-corrected chi connectivity index (χ3v) is 3.50. The molecule has 1 saturated carbocycles. The summed E-state index contributed by atoms with van der Waals surface area (Å²) in [5.74, 6) is 0. The Morgan fingerprint density at radius 1 is 1.27 bits per heavy atom. The Labute approximate surface area is 89.5 Å². The standard InChI is InChI=1S/C13H13NO/c14-9-13(4-5-13)12-2-1-11-8-15-6-3-10(11)7-12/h1-2,7H,3-6,8H2. The van der Waals surface area contributed by atoms with Gasteiger partial charge < -0.3 is 4.74 Å². The molecule has 0 spiro atoms. The summed E-state index contributed by atoms with van der Waals surface area (Å²) in [6.45, 7) is 1.55. The topological polar surface area (TPSA) is 33.0 Å². The minimum absolute atomic E-state index is 0.146. The minimum Gasteiger partial charge on any atom is -0.376 e. The third-order valence-electron chi connectivity index (χ3n) is 3.50. The van der Waals surface area contributed by atoms with Gasteiger partial charge in [0.15, 0.2) is 0 Å². The summed E-state index contributed by atoms with van der Waals surface area (Å²) in [5, 5.41) is 9.14. The molecular formula is C13H13NO. The summed E-state index contributed by atoms with van der Waals surface area (Å²) in [4.78, 5) is 0. The Morgan fingerprint density at radius 3 is 2.87 bits per heavy atom. The molecule has 2 heteroatoms. The van der Waals surface area contributed by atoms with Crippen molar-refractivity contribution in [3.05, 3.63) is 34.9 Å². The molecule has 1 heterocycles. The lowest BCUT2D eigenvalue weighted by Gasteiger charge is -2.18. The molecule has 3 rings (SSSR count). The average molecular weight is 199 g/mol. The predicted molar refractivity (Wildman–Crippen MR) is 56.3 cm³/mol. The van der Waals surface area contributed by atoms with Crippen molar-refractivity contribution in [2.45, 2.75) is 31.3 Å². The first kappa shape index (κ1) is 8.94. The second kappa shape index (κ2) is 3.08. The van der Waals surface area contributed by atoms with Crippen molar-refractivity contribution in [1.29, 1.82) is 5.26 Å². The Balaban J connectivity index is 2.02. The van der Waals surface area contributed by atoms with E-state index < -0.39 is 0 Å². The van der Waals surface area contributed by atoms with Crippen LogP contribution in [0.5, 0.6) is 0 Å². The number of hydrogen-bond acceptors (Lipinski definition) is 2. The second-order valence-corrected chi connectivity index (χ2v) is 4.48. The van der Waals surface area contributed by atoms with E-state index in [1.165, 1.54) is 16.7 Å². The molecule has 15 heavy (non-hydrogen) atoms. The van der Waals surface area contributed by atoms with Crippen LogP contribution in [0.25, 0.3) is 0 Å². The first-order valence-corrected chi connectivity index (χ1v) is 5.45. The van der Waals surface area contributed by atoms with Crippen LogP contribution < -0.4 is 0 Å². The van der Waals surface area contributed by atoms with Crippen molar-refractivity contribution < 1.29 is 4.74 Å². The zero-order valence-electron chi connectivity index (χ0n) is 8.62. The van der Waals surface area contributed by atoms with E-state index in [1.54, 1.807) is 0 Å². The van der Waals surface area contributed by atoms with E-state index in [0.29, 0.717) is 0 Å². The molecule has 2 nitrogen and oxygen atoms in total. The van der Waals surface area contributed by atoms with Gasteiger partial charge in [0.2, 0.25) is 0 Å². The van der Waals surface area contributed by atoms with Crippen molar-refractivity contribution in [2.75, 3.05) is 6.61 Å². The number of hydrogen-bond donors (Lipinski definition) is 0. The number of nitriles is 1. The van der Waals surface area contributed by atoms with Crippen molar-refractivity contribution in [2.24, 2.45) is 0 Å². The molecular weight excluding hydrogens is 186 g/mol. The molecule has 0 saturated heterocycles. The second-order valence-electron chi connectivity index (χ2n) is 4.48. The number of ether oxygens (including phenoxy) is 1. The lowest BCUT2D eigenvalue weighted by atomic mass is 9.92. The zero-order chi connectivity index (χ0) is 10.3. The summed E-state index contributed by atoms with van der Waals surface area (Å²) in [5.41, 5.74) is 3.73. The van der Waals surface area contributed by atoms with Crippen LogP contribution in [0.1, 0.15) is 29.5 Å². The summed E-state index contributed by atoms with van der Waals surface area (Å²) in [6.07, 6.45) is 3.04. The van der Waals surface area contributed by atoms with Crippen LogP contribution in [0.2, 0.25) is 0 Å². The third kappa shape index (κ3) is 1.35. The van der Waals surface area contributed by atoms with Gasteiger partial charge in [0, 0.05) is 0 Å². The van der Waals surface area contributed by atoms with Gasteiger partial charge in [0.05, 0.1) is 24.7 Å². The highest BCUT2D eigenvalue weighted by Crippen LogP contribution is 2.47. The minimum atomic E-state index is -0.146. The SMILES string of the molecule is N#CC1(c2ccc3c(c2)CCOC3)CC1. The molecule has 0 radical (unpaired) electrons. The average Bonchev–Trinajstić information content (AvgIpc) is 3.09. The van der Waals surface area contributed by atoms with Crippen molar-refractivity contribution in [3.63, 3.8) is 0 Å². The Morgan fingerprint density at radius 2 is 2.13 bits per heavy atom. The molecule has 1 aromatic carbocycles. The monoisotopic (exact) mass is 199 g/mol. The van der Waals surface area contributed by atoms with Crippen molar-refractivity contribution >= 4 is 0 Å². The number of nitrogens with zero attached hydrogens (tertiary/aromatic N) is 1. The number of rotatable bonds is 1. The Kier molecular flexibility index (Phi) is 1.83. The normalized spacial score (nSPS) is 21.5. The summed E-state index contributed by atoms with van der Waals surface area (Å²) in [7, 11) is 0. The fraction of sp³-hybridized carbons (Fsp3) is 0.462. The largest absolute Gasteiger partial charge is 0.376 e. The molecule has 1 aromatic rings. The molecule has 2 aliphatic rings. The van der Waals surface area contributed by atoms with Crippen LogP contribution in [0.15, 0.2) is 18.2 Å². The van der Waals surface area contributed by atoms with E-state index in [1.807, 2.05) is 0 Å². The van der Waals surface area contributed by atoms with Crippen LogP contribution in [-0.2, 0) is 23.2 Å². The maximum absolute atomic E-state index is 9.14. The van der Waals surface area contributed by atoms with E-state index in [-0.39, 0.29) is 5.41 Å². The van der Waals surface area contributed by atoms with Gasteiger partial charge in [0.25, 0.3) is 0 Å². The highest BCUT2D eigenvalue weighted by molar-refractivity contribution is 5.43. The Hall–Kier alpha value is -1.33. The van der Waals surface area contributed by atoms with Gasteiger partial charge in [-0.2, -0.15) is 5.26 Å². The molecule has 0 atom stereocenters.